The summed E-state index contributed by atoms with van der Waals surface area (Å²) in [5, 5.41) is 0.356. The minimum absolute atomic E-state index is 0.0982. The van der Waals surface area contributed by atoms with Crippen LogP contribution in [0.25, 0.3) is 11.0 Å². The molecule has 2 fully saturated rings. The summed E-state index contributed by atoms with van der Waals surface area (Å²) in [6, 6.07) is 3.52. The fourth-order valence-electron chi connectivity index (χ4n) is 6.40. The number of aromatic nitrogens is 2. The Bertz CT molecular complexity index is 1510. The van der Waals surface area contributed by atoms with Crippen LogP contribution >= 0.6 is 11.6 Å². The predicted molar refractivity (Wildman–Crippen MR) is 167 cm³/mol. The standard InChI is InChI=1S/C34H44ClF2N3O6/c1-18-25-17-40(27(18)31(43)46-33(5,6)7)30(42)21(32(2,3)4)16-26(41)44-24-14-19(24)10-8-9-13-34(36,37)28-29(45-25)39-23-15-20(35)11-12-22(23)38-28/h11-12,15,18-19,21,24-25,27H,8-10,13-14,16-17H2,1-7H3/t18-,19-,21-,24-,25+,27+/m1/s1. The van der Waals surface area contributed by atoms with E-state index in [0.717, 1.165) is 0 Å². The minimum atomic E-state index is -3.38. The van der Waals surface area contributed by atoms with Crippen LogP contribution < -0.4 is 4.74 Å². The summed E-state index contributed by atoms with van der Waals surface area (Å²) in [6.07, 6.45) is 0.218. The third-order valence-corrected chi connectivity index (χ3v) is 9.34. The van der Waals surface area contributed by atoms with E-state index in [4.69, 9.17) is 25.8 Å². The van der Waals surface area contributed by atoms with Gasteiger partial charge in [0.15, 0.2) is 5.69 Å². The first-order valence-corrected chi connectivity index (χ1v) is 16.5. The van der Waals surface area contributed by atoms with E-state index in [9.17, 15) is 14.4 Å². The van der Waals surface area contributed by atoms with Crippen molar-refractivity contribution in [1.82, 2.24) is 14.9 Å². The van der Waals surface area contributed by atoms with E-state index in [0.29, 0.717) is 24.3 Å². The first-order valence-electron chi connectivity index (χ1n) is 16.1. The zero-order valence-corrected chi connectivity index (χ0v) is 28.3. The fraction of sp³-hybridized carbons (Fsp3) is 0.676. The van der Waals surface area contributed by atoms with Gasteiger partial charge in [0.25, 0.3) is 5.92 Å². The summed E-state index contributed by atoms with van der Waals surface area (Å²) in [6.45, 7) is 12.3. The van der Waals surface area contributed by atoms with Gasteiger partial charge in [-0.05, 0) is 69.6 Å². The Labute approximate surface area is 273 Å². The van der Waals surface area contributed by atoms with E-state index in [2.05, 4.69) is 9.97 Å². The van der Waals surface area contributed by atoms with Crippen LogP contribution in [0.5, 0.6) is 5.88 Å². The number of carbonyl (C=O) groups excluding carboxylic acids is 3. The minimum Gasteiger partial charge on any atom is -0.471 e. The van der Waals surface area contributed by atoms with E-state index in [1.807, 2.05) is 20.8 Å². The molecular formula is C34H44ClF2N3O6. The lowest BCUT2D eigenvalue weighted by Crippen LogP contribution is -2.50. The van der Waals surface area contributed by atoms with Crippen molar-refractivity contribution in [2.24, 2.45) is 23.2 Å². The fourth-order valence-corrected chi connectivity index (χ4v) is 6.57. The second-order valence-electron chi connectivity index (χ2n) is 15.1. The van der Waals surface area contributed by atoms with Crippen molar-refractivity contribution in [3.63, 3.8) is 0 Å². The summed E-state index contributed by atoms with van der Waals surface area (Å²) in [5.74, 6) is -6.73. The molecular weight excluding hydrogens is 620 g/mol. The number of hydrogen-bond donors (Lipinski definition) is 0. The van der Waals surface area contributed by atoms with Gasteiger partial charge >= 0.3 is 11.9 Å². The number of nitrogens with zero attached hydrogens (tertiary/aromatic N) is 3. The van der Waals surface area contributed by atoms with Crippen molar-refractivity contribution >= 4 is 40.5 Å². The summed E-state index contributed by atoms with van der Waals surface area (Å²) in [4.78, 5) is 51.3. The molecule has 0 unspecified atom stereocenters. The maximum absolute atomic E-state index is 16.0. The van der Waals surface area contributed by atoms with Gasteiger partial charge in [0.1, 0.15) is 23.9 Å². The van der Waals surface area contributed by atoms with E-state index in [-0.39, 0.29) is 48.3 Å². The van der Waals surface area contributed by atoms with E-state index in [1.165, 1.54) is 17.0 Å². The van der Waals surface area contributed by atoms with Gasteiger partial charge in [0.05, 0.1) is 29.9 Å². The summed E-state index contributed by atoms with van der Waals surface area (Å²) in [5.41, 5.74) is -1.60. The molecule has 1 amide bonds. The van der Waals surface area contributed by atoms with Crippen LogP contribution in [0.3, 0.4) is 0 Å². The zero-order valence-electron chi connectivity index (χ0n) is 27.6. The highest BCUT2D eigenvalue weighted by Crippen LogP contribution is 2.44. The summed E-state index contributed by atoms with van der Waals surface area (Å²) < 4.78 is 49.6. The molecule has 12 heteroatoms. The van der Waals surface area contributed by atoms with Gasteiger partial charge in [0, 0.05) is 17.4 Å². The van der Waals surface area contributed by atoms with Gasteiger partial charge < -0.3 is 19.1 Å². The quantitative estimate of drug-likeness (QED) is 0.304. The lowest BCUT2D eigenvalue weighted by molar-refractivity contribution is -0.166. The van der Waals surface area contributed by atoms with Crippen molar-refractivity contribution in [2.75, 3.05) is 6.54 Å². The van der Waals surface area contributed by atoms with Crippen LogP contribution in [0.1, 0.15) is 92.7 Å². The molecule has 1 aliphatic carbocycles. The van der Waals surface area contributed by atoms with Crippen LogP contribution in [0.4, 0.5) is 8.78 Å². The molecule has 5 rings (SSSR count). The Hall–Kier alpha value is -3.08. The lowest BCUT2D eigenvalue weighted by Gasteiger charge is -2.35. The van der Waals surface area contributed by atoms with Gasteiger partial charge in [-0.1, -0.05) is 45.7 Å². The number of benzene rings is 1. The van der Waals surface area contributed by atoms with E-state index < -0.39 is 70.9 Å². The van der Waals surface area contributed by atoms with Crippen molar-refractivity contribution in [3.05, 3.63) is 28.9 Å². The number of rotatable bonds is 1. The monoisotopic (exact) mass is 663 g/mol. The average Bonchev–Trinajstić information content (AvgIpc) is 3.58. The van der Waals surface area contributed by atoms with Crippen molar-refractivity contribution in [2.45, 2.75) is 117 Å². The topological polar surface area (TPSA) is 108 Å². The number of halogens is 3. The van der Waals surface area contributed by atoms with Crippen molar-refractivity contribution < 1.29 is 37.4 Å². The smallest absolute Gasteiger partial charge is 0.329 e. The maximum Gasteiger partial charge on any atom is 0.329 e. The number of fused-ring (bicyclic) bond motifs is 5. The lowest BCUT2D eigenvalue weighted by atomic mass is 9.77. The SMILES string of the molecule is C[C@@H]1[C@@H]2CN(C(=O)[C@H](C(C)(C)C)CC(=O)O[C@@H]3C[C@H]3CCCCC(F)(F)c3nc4ccc(Cl)cc4nc3O2)[C@@H]1C(=O)OC(C)(C)C. The Morgan fingerprint density at radius 2 is 1.76 bits per heavy atom. The Morgan fingerprint density at radius 1 is 1.04 bits per heavy atom. The number of ether oxygens (including phenoxy) is 3. The molecule has 6 atom stereocenters. The molecule has 252 valence electrons. The molecule has 1 saturated carbocycles. The second-order valence-corrected chi connectivity index (χ2v) is 15.5. The first-order chi connectivity index (χ1) is 21.3. The molecule has 3 heterocycles. The van der Waals surface area contributed by atoms with E-state index >= 15 is 8.78 Å². The summed E-state index contributed by atoms with van der Waals surface area (Å²) in [7, 11) is 0. The molecule has 0 radical (unpaired) electrons. The number of esters is 2. The van der Waals surface area contributed by atoms with Crippen LogP contribution in [0, 0.1) is 23.2 Å². The third kappa shape index (κ3) is 7.55. The van der Waals surface area contributed by atoms with Crippen LogP contribution in [0.2, 0.25) is 5.02 Å². The van der Waals surface area contributed by atoms with Crippen LogP contribution in [0.15, 0.2) is 18.2 Å². The highest BCUT2D eigenvalue weighted by Gasteiger charge is 2.52. The number of carbonyl (C=O) groups is 3. The normalized spacial score (nSPS) is 29.1. The Morgan fingerprint density at radius 3 is 2.43 bits per heavy atom. The molecule has 1 aromatic heterocycles. The molecule has 0 spiro atoms. The average molecular weight is 664 g/mol. The first kappa shape index (κ1) is 34.3. The molecule has 3 aliphatic rings. The second kappa shape index (κ2) is 12.5. The number of amides is 1. The van der Waals surface area contributed by atoms with E-state index in [1.54, 1.807) is 33.8 Å². The summed E-state index contributed by atoms with van der Waals surface area (Å²) >= 11 is 6.19. The predicted octanol–water partition coefficient (Wildman–Crippen LogP) is 6.87. The van der Waals surface area contributed by atoms with Crippen molar-refractivity contribution in [3.8, 4) is 5.88 Å². The number of hydrogen-bond acceptors (Lipinski definition) is 8. The Balaban J connectivity index is 1.59. The maximum atomic E-state index is 16.0. The zero-order chi connectivity index (χ0) is 33.8. The van der Waals surface area contributed by atoms with Gasteiger partial charge in [0.2, 0.25) is 11.8 Å². The highest BCUT2D eigenvalue weighted by molar-refractivity contribution is 6.31. The van der Waals surface area contributed by atoms with Gasteiger partial charge in [-0.15, -0.1) is 0 Å². The molecule has 9 nitrogen and oxygen atoms in total. The van der Waals surface area contributed by atoms with Gasteiger partial charge in [-0.2, -0.15) is 8.78 Å². The molecule has 2 bridgehead atoms. The molecule has 1 saturated heterocycles. The molecule has 46 heavy (non-hydrogen) atoms. The highest BCUT2D eigenvalue weighted by atomic mass is 35.5. The molecule has 0 N–H and O–H groups in total. The van der Waals surface area contributed by atoms with Gasteiger partial charge in [-0.3, -0.25) is 9.59 Å². The van der Waals surface area contributed by atoms with Gasteiger partial charge in [-0.25, -0.2) is 14.8 Å². The van der Waals surface area contributed by atoms with Crippen LogP contribution in [-0.2, 0) is 29.8 Å². The third-order valence-electron chi connectivity index (χ3n) is 9.10. The molecule has 1 aromatic carbocycles. The molecule has 2 aromatic rings. The largest absolute Gasteiger partial charge is 0.471 e. The van der Waals surface area contributed by atoms with Crippen molar-refractivity contribution in [1.29, 1.82) is 0 Å². The molecule has 2 aliphatic heterocycles. The Kier molecular flexibility index (Phi) is 9.31. The van der Waals surface area contributed by atoms with Crippen LogP contribution in [-0.4, -0.2) is 63.1 Å². The number of alkyl halides is 2.